The maximum Gasteiger partial charge on any atom is 0.556 e. The van der Waals surface area contributed by atoms with E-state index >= 15 is 4.39 Å². The van der Waals surface area contributed by atoms with Crippen LogP contribution in [0.5, 0.6) is 23.0 Å². The van der Waals surface area contributed by atoms with E-state index in [0.717, 1.165) is 0 Å². The SMILES string of the molecule is COCOc1ccc(OC)c(F)c1C(=O)c1ccc(C(=O)O[N+]2(C(=O)O)CCCCC(NC(=O)c3cc(OC)cc(OC)c3)C2)cc1. The first-order valence-corrected chi connectivity index (χ1v) is 14.6. The molecule has 1 fully saturated rings. The molecular formula is C33H36FN2O11+. The average molecular weight is 656 g/mol. The summed E-state index contributed by atoms with van der Waals surface area (Å²) in [4.78, 5) is 58.0. The molecule has 47 heavy (non-hydrogen) atoms. The van der Waals surface area contributed by atoms with Gasteiger partial charge in [-0.15, -0.1) is 0 Å². The predicted molar refractivity (Wildman–Crippen MR) is 163 cm³/mol. The van der Waals surface area contributed by atoms with Gasteiger partial charge in [-0.1, -0.05) is 12.1 Å². The third kappa shape index (κ3) is 7.96. The van der Waals surface area contributed by atoms with E-state index in [1.807, 2.05) is 0 Å². The third-order valence-corrected chi connectivity index (χ3v) is 7.62. The van der Waals surface area contributed by atoms with Gasteiger partial charge in [-0.3, -0.25) is 14.4 Å². The number of hydrogen-bond donors (Lipinski definition) is 2. The van der Waals surface area contributed by atoms with Crippen molar-refractivity contribution in [2.24, 2.45) is 0 Å². The van der Waals surface area contributed by atoms with Crippen LogP contribution < -0.4 is 24.3 Å². The van der Waals surface area contributed by atoms with Crippen molar-refractivity contribution in [3.05, 3.63) is 82.7 Å². The van der Waals surface area contributed by atoms with Gasteiger partial charge in [0.25, 0.3) is 5.91 Å². The van der Waals surface area contributed by atoms with Gasteiger partial charge in [0.2, 0.25) is 0 Å². The Morgan fingerprint density at radius 1 is 0.851 bits per heavy atom. The molecule has 0 spiro atoms. The number of amides is 2. The summed E-state index contributed by atoms with van der Waals surface area (Å²) < 4.78 is 39.8. The van der Waals surface area contributed by atoms with E-state index in [4.69, 9.17) is 28.5 Å². The minimum Gasteiger partial charge on any atom is -0.497 e. The van der Waals surface area contributed by atoms with Gasteiger partial charge in [-0.25, -0.2) is 9.18 Å². The first-order valence-electron chi connectivity index (χ1n) is 14.6. The molecule has 1 aliphatic heterocycles. The van der Waals surface area contributed by atoms with Gasteiger partial charge >= 0.3 is 12.1 Å². The summed E-state index contributed by atoms with van der Waals surface area (Å²) in [5, 5.41) is 13.1. The highest BCUT2D eigenvalue weighted by molar-refractivity contribution is 6.11. The summed E-state index contributed by atoms with van der Waals surface area (Å²) in [5.74, 6) is -2.56. The lowest BCUT2D eigenvalue weighted by atomic mass is 10.00. The molecule has 1 heterocycles. The van der Waals surface area contributed by atoms with Crippen LogP contribution in [0.2, 0.25) is 0 Å². The Hall–Kier alpha value is -5.21. The second kappa shape index (κ2) is 15.4. The number of carbonyl (C=O) groups is 4. The summed E-state index contributed by atoms with van der Waals surface area (Å²) in [6.07, 6.45) is 0.0221. The molecule has 14 heteroatoms. The van der Waals surface area contributed by atoms with Crippen molar-refractivity contribution >= 4 is 23.8 Å². The summed E-state index contributed by atoms with van der Waals surface area (Å²) >= 11 is 0. The van der Waals surface area contributed by atoms with Crippen LogP contribution in [-0.2, 0) is 9.57 Å². The van der Waals surface area contributed by atoms with Crippen molar-refractivity contribution in [3.8, 4) is 23.0 Å². The number of rotatable bonds is 11. The first kappa shape index (κ1) is 34.7. The fraction of sp³-hybridized carbons (Fsp3) is 0.333. The van der Waals surface area contributed by atoms with E-state index in [-0.39, 0.29) is 48.1 Å². The van der Waals surface area contributed by atoms with Gasteiger partial charge in [0.15, 0.2) is 30.7 Å². The Labute approximate surface area is 270 Å². The molecule has 0 radical (unpaired) electrons. The van der Waals surface area contributed by atoms with E-state index in [1.54, 1.807) is 6.07 Å². The Balaban J connectivity index is 1.53. The standard InChI is InChI=1S/C33H35FN2O11/c1-42-19-46-26-12-13-27(45-4)29(34)28(26)30(37)20-8-10-21(11-9-20)32(39)47-36(33(40)41)14-6-5-7-23(18-36)35-31(38)22-15-24(43-2)17-25(16-22)44-3/h8-13,15-17,23H,5-7,14,18-19H2,1-4H3,(H-,35,38,40,41)/p+1. The van der Waals surface area contributed by atoms with Gasteiger partial charge in [0.05, 0.1) is 32.9 Å². The molecule has 2 atom stereocenters. The first-order chi connectivity index (χ1) is 22.5. The van der Waals surface area contributed by atoms with Crippen LogP contribution in [0.1, 0.15) is 55.9 Å². The largest absolute Gasteiger partial charge is 0.556 e. The van der Waals surface area contributed by atoms with Crippen molar-refractivity contribution in [2.45, 2.75) is 25.3 Å². The molecule has 1 saturated heterocycles. The van der Waals surface area contributed by atoms with Crippen LogP contribution >= 0.6 is 0 Å². The van der Waals surface area contributed by atoms with E-state index in [1.165, 1.54) is 77.0 Å². The number of hydroxylamine groups is 3. The van der Waals surface area contributed by atoms with E-state index in [0.29, 0.717) is 30.8 Å². The van der Waals surface area contributed by atoms with Crippen LogP contribution in [0, 0.1) is 5.82 Å². The summed E-state index contributed by atoms with van der Waals surface area (Å²) in [6.45, 7) is -0.499. The van der Waals surface area contributed by atoms with Crippen molar-refractivity contribution in [1.82, 2.24) is 5.32 Å². The number of quaternary nitrogens is 1. The van der Waals surface area contributed by atoms with Crippen LogP contribution in [0.4, 0.5) is 9.18 Å². The van der Waals surface area contributed by atoms with Crippen LogP contribution in [0.15, 0.2) is 54.6 Å². The molecule has 0 aliphatic carbocycles. The number of ether oxygens (including phenoxy) is 5. The zero-order valence-electron chi connectivity index (χ0n) is 26.4. The molecule has 2 amide bonds. The van der Waals surface area contributed by atoms with Gasteiger partial charge in [-0.05, 0) is 53.9 Å². The Morgan fingerprint density at radius 3 is 2.09 bits per heavy atom. The van der Waals surface area contributed by atoms with Gasteiger partial charge in [0.1, 0.15) is 29.4 Å². The topological polar surface area (TPSA) is 156 Å². The second-order valence-corrected chi connectivity index (χ2v) is 10.6. The van der Waals surface area contributed by atoms with Crippen LogP contribution in [0.25, 0.3) is 0 Å². The Kier molecular flexibility index (Phi) is 11.3. The highest BCUT2D eigenvalue weighted by atomic mass is 19.1. The maximum atomic E-state index is 15.2. The monoisotopic (exact) mass is 655 g/mol. The molecule has 2 unspecified atom stereocenters. The number of likely N-dealkylation sites (tertiary alicyclic amines) is 1. The molecule has 2 N–H and O–H groups in total. The minimum atomic E-state index is -1.41. The second-order valence-electron chi connectivity index (χ2n) is 10.6. The fourth-order valence-corrected chi connectivity index (χ4v) is 5.18. The average Bonchev–Trinajstić information content (AvgIpc) is 3.29. The minimum absolute atomic E-state index is 0.0184. The molecule has 0 saturated carbocycles. The van der Waals surface area contributed by atoms with E-state index in [9.17, 15) is 24.3 Å². The Bertz CT molecular complexity index is 1610. The van der Waals surface area contributed by atoms with Crippen molar-refractivity contribution < 1.29 is 61.8 Å². The number of nitrogens with zero attached hydrogens (tertiary/aromatic N) is 1. The normalized spacial score (nSPS) is 17.5. The predicted octanol–water partition coefficient (Wildman–Crippen LogP) is 4.61. The van der Waals surface area contributed by atoms with Gasteiger partial charge in [0, 0.05) is 30.7 Å². The summed E-state index contributed by atoms with van der Waals surface area (Å²) in [5.41, 5.74) is -0.172. The van der Waals surface area contributed by atoms with Crippen molar-refractivity contribution in [3.63, 3.8) is 0 Å². The number of nitrogens with one attached hydrogen (secondary N) is 1. The van der Waals surface area contributed by atoms with E-state index in [2.05, 4.69) is 5.32 Å². The zero-order valence-corrected chi connectivity index (χ0v) is 26.4. The molecule has 3 aromatic carbocycles. The fourth-order valence-electron chi connectivity index (χ4n) is 5.18. The third-order valence-electron chi connectivity index (χ3n) is 7.62. The highest BCUT2D eigenvalue weighted by Gasteiger charge is 2.46. The smallest absolute Gasteiger partial charge is 0.497 e. The van der Waals surface area contributed by atoms with Gasteiger partial charge in [-0.2, -0.15) is 4.79 Å². The maximum absolute atomic E-state index is 15.2. The van der Waals surface area contributed by atoms with E-state index < -0.39 is 45.8 Å². The molecule has 0 aromatic heterocycles. The number of benzene rings is 3. The van der Waals surface area contributed by atoms with Crippen molar-refractivity contribution in [2.75, 3.05) is 48.3 Å². The van der Waals surface area contributed by atoms with Crippen LogP contribution in [0.3, 0.4) is 0 Å². The molecule has 4 rings (SSSR count). The molecule has 13 nitrogen and oxygen atoms in total. The molecule has 3 aromatic rings. The molecule has 250 valence electrons. The van der Waals surface area contributed by atoms with Crippen LogP contribution in [-0.4, -0.2) is 87.9 Å². The lowest BCUT2D eigenvalue weighted by molar-refractivity contribution is -1.03. The lowest BCUT2D eigenvalue weighted by Gasteiger charge is -2.30. The van der Waals surface area contributed by atoms with Gasteiger partial charge < -0.3 is 34.1 Å². The number of carboxylic acid groups (broad SMARTS) is 1. The number of halogens is 1. The summed E-state index contributed by atoms with van der Waals surface area (Å²) in [6, 6.07) is 11.8. The quantitative estimate of drug-likeness (QED) is 0.169. The zero-order chi connectivity index (χ0) is 34.1. The molecular weight excluding hydrogens is 619 g/mol. The molecule has 0 bridgehead atoms. The lowest BCUT2D eigenvalue weighted by Crippen LogP contribution is -2.58. The highest BCUT2D eigenvalue weighted by Crippen LogP contribution is 2.32. The number of hydrogen-bond acceptors (Lipinski definition) is 10. The molecule has 1 aliphatic rings. The number of methoxy groups -OCH3 is 4. The van der Waals surface area contributed by atoms with Crippen molar-refractivity contribution in [1.29, 1.82) is 0 Å². The number of carbonyl (C=O) groups excluding carboxylic acids is 3. The number of ketones is 1. The Morgan fingerprint density at radius 2 is 1.49 bits per heavy atom. The summed E-state index contributed by atoms with van der Waals surface area (Å²) in [7, 11) is 5.54.